The number of phenolic OH excluding ortho intramolecular Hbond substituents is 1. The number of aromatic hydroxyl groups is 1. The van der Waals surface area contributed by atoms with Gasteiger partial charge in [0.15, 0.2) is 0 Å². The zero-order chi connectivity index (χ0) is 47.3. The van der Waals surface area contributed by atoms with Gasteiger partial charge < -0.3 is 18.9 Å². The summed E-state index contributed by atoms with van der Waals surface area (Å²) in [6.07, 6.45) is 0. The molecule has 6 aromatic carbocycles. The molecule has 0 atom stereocenters. The Morgan fingerprint density at radius 2 is 0.866 bits per heavy atom. The topological polar surface area (TPSA) is 180 Å². The molecule has 4 aliphatic heterocycles. The molecule has 16 nitrogen and oxygen atoms in total. The number of nitrogens with zero attached hydrogens (tertiary/aromatic N) is 6. The molecule has 0 spiro atoms. The first-order valence-corrected chi connectivity index (χ1v) is 24.0. The van der Waals surface area contributed by atoms with Gasteiger partial charge in [-0.05, 0) is 106 Å². The zero-order valence-electron chi connectivity index (χ0n) is 35.6. The molecule has 0 unspecified atom stereocenters. The number of phenols is 1. The first-order valence-electron chi connectivity index (χ1n) is 21.0. The highest BCUT2D eigenvalue weighted by Crippen LogP contribution is 2.62. The monoisotopic (exact) mass is 958 g/mol. The second-order valence-corrected chi connectivity index (χ2v) is 20.4. The maximum Gasteiger partial charge on any atom is 0.346 e. The summed E-state index contributed by atoms with van der Waals surface area (Å²) in [4.78, 5) is 20.7. The van der Waals surface area contributed by atoms with Gasteiger partial charge in [-0.2, -0.15) is 4.39 Å². The lowest BCUT2D eigenvalue weighted by molar-refractivity contribution is -0.387. The van der Waals surface area contributed by atoms with Crippen molar-refractivity contribution in [3.8, 4) is 39.5 Å². The highest BCUT2D eigenvalue weighted by Gasteiger charge is 2.50. The van der Waals surface area contributed by atoms with Crippen LogP contribution in [0.3, 0.4) is 0 Å². The first-order chi connectivity index (χ1) is 32.2. The Labute approximate surface area is 382 Å². The second kappa shape index (κ2) is 20.3. The molecule has 67 heavy (non-hydrogen) atoms. The Morgan fingerprint density at radius 3 is 1.24 bits per heavy atom. The number of nitro benzene ring substituents is 2. The standard InChI is InChI=1S/C23H21FN3O5P.C12H9FO.C11H13FN3O4P/c24-20-6-2-18(3-7-20)19-4-8-21(9-5-19)32-23-15-17(1-10-22(23)27(28)29)16-31-33(30,25-11-12-25)26-13-14-26;13-11-5-1-9(2-6-11)10-3-7-12(14)8-4-10;12-10-7-9(1-2-11(10)15(16)17)8-19-20(18,13-3-4-13)14-5-6-14/h1-10,15H,11-14,16H2;1-8,14H;1-2,7H,3-6,8H2. The van der Waals surface area contributed by atoms with Gasteiger partial charge in [0.05, 0.1) is 23.1 Å². The molecule has 21 heteroatoms. The molecular weight excluding hydrogens is 915 g/mol. The van der Waals surface area contributed by atoms with Crippen molar-refractivity contribution < 1.29 is 51.0 Å². The van der Waals surface area contributed by atoms with Crippen LogP contribution in [-0.4, -0.2) is 86.0 Å². The fourth-order valence-electron chi connectivity index (χ4n) is 6.64. The molecule has 348 valence electrons. The molecule has 10 rings (SSSR count). The van der Waals surface area contributed by atoms with Crippen molar-refractivity contribution in [3.05, 3.63) is 182 Å². The van der Waals surface area contributed by atoms with Gasteiger partial charge in [0.2, 0.25) is 11.6 Å². The molecular formula is C46H43F3N6O10P2. The summed E-state index contributed by atoms with van der Waals surface area (Å²) in [5.74, 6) is -0.743. The van der Waals surface area contributed by atoms with Crippen molar-refractivity contribution >= 4 is 26.7 Å². The Hall–Kier alpha value is -6.27. The minimum Gasteiger partial charge on any atom is -0.508 e. The number of halogens is 3. The second-order valence-electron chi connectivity index (χ2n) is 15.6. The van der Waals surface area contributed by atoms with E-state index in [0.717, 1.165) is 86.7 Å². The van der Waals surface area contributed by atoms with E-state index < -0.39 is 36.7 Å². The van der Waals surface area contributed by atoms with Crippen LogP contribution in [0, 0.1) is 37.7 Å². The lowest BCUT2D eigenvalue weighted by atomic mass is 10.1. The summed E-state index contributed by atoms with van der Waals surface area (Å²) in [5.41, 5.74) is 3.90. The highest BCUT2D eigenvalue weighted by molar-refractivity contribution is 7.54. The van der Waals surface area contributed by atoms with E-state index in [1.54, 1.807) is 94.3 Å². The van der Waals surface area contributed by atoms with Crippen LogP contribution in [-0.2, 0) is 31.4 Å². The molecule has 4 heterocycles. The third-order valence-electron chi connectivity index (χ3n) is 10.7. The zero-order valence-corrected chi connectivity index (χ0v) is 37.4. The largest absolute Gasteiger partial charge is 0.508 e. The highest BCUT2D eigenvalue weighted by atomic mass is 31.2. The first kappa shape index (κ1) is 47.2. The van der Waals surface area contributed by atoms with Gasteiger partial charge >= 0.3 is 26.7 Å². The molecule has 0 aliphatic carbocycles. The van der Waals surface area contributed by atoms with E-state index in [0.29, 0.717) is 16.9 Å². The molecule has 0 aromatic heterocycles. The van der Waals surface area contributed by atoms with Crippen molar-refractivity contribution in [1.29, 1.82) is 0 Å². The molecule has 0 radical (unpaired) electrons. The van der Waals surface area contributed by atoms with Crippen molar-refractivity contribution in [3.63, 3.8) is 0 Å². The average molecular weight is 959 g/mol. The number of nitro groups is 2. The van der Waals surface area contributed by atoms with Gasteiger partial charge in [0, 0.05) is 64.5 Å². The van der Waals surface area contributed by atoms with E-state index in [9.17, 15) is 42.5 Å². The Kier molecular flexibility index (Phi) is 14.3. The van der Waals surface area contributed by atoms with Gasteiger partial charge in [0.25, 0.3) is 0 Å². The third kappa shape index (κ3) is 12.2. The third-order valence-corrected chi connectivity index (χ3v) is 16.0. The normalized spacial score (nSPS) is 15.6. The van der Waals surface area contributed by atoms with Crippen LogP contribution in [0.25, 0.3) is 22.3 Å². The summed E-state index contributed by atoms with van der Waals surface area (Å²) in [5, 5.41) is 31.1. The fraction of sp³-hybridized carbons (Fsp3) is 0.217. The fourth-order valence-corrected chi connectivity index (χ4v) is 11.0. The van der Waals surface area contributed by atoms with E-state index in [2.05, 4.69) is 0 Å². The number of rotatable bonds is 16. The average Bonchev–Trinajstić information content (AvgIpc) is 4.12. The molecule has 1 N–H and O–H groups in total. The van der Waals surface area contributed by atoms with Crippen molar-refractivity contribution in [2.24, 2.45) is 0 Å². The maximum atomic E-state index is 13.5. The predicted molar refractivity (Wildman–Crippen MR) is 243 cm³/mol. The van der Waals surface area contributed by atoms with Crippen LogP contribution >= 0.6 is 15.3 Å². The summed E-state index contributed by atoms with van der Waals surface area (Å²) >= 11 is 0. The molecule has 0 saturated carbocycles. The van der Waals surface area contributed by atoms with E-state index in [1.165, 1.54) is 36.4 Å². The van der Waals surface area contributed by atoms with Crippen LogP contribution in [0.15, 0.2) is 133 Å². The van der Waals surface area contributed by atoms with Gasteiger partial charge in [-0.25, -0.2) is 27.5 Å². The minimum atomic E-state index is -2.99. The van der Waals surface area contributed by atoms with Crippen molar-refractivity contribution in [2.45, 2.75) is 13.2 Å². The quantitative estimate of drug-likeness (QED) is 0.0419. The molecule has 4 aliphatic rings. The van der Waals surface area contributed by atoms with Crippen LogP contribution in [0.1, 0.15) is 11.1 Å². The molecule has 0 bridgehead atoms. The molecule has 4 saturated heterocycles. The smallest absolute Gasteiger partial charge is 0.346 e. The molecule has 6 aromatic rings. The number of hydrogen-bond donors (Lipinski definition) is 1. The molecule has 4 fully saturated rings. The van der Waals surface area contributed by atoms with Crippen molar-refractivity contribution in [1.82, 2.24) is 18.7 Å². The van der Waals surface area contributed by atoms with Gasteiger partial charge in [0.1, 0.15) is 23.1 Å². The summed E-state index contributed by atoms with van der Waals surface area (Å²) in [7, 11) is -5.93. The summed E-state index contributed by atoms with van der Waals surface area (Å²) in [6, 6.07) is 34.2. The Balaban J connectivity index is 0.000000151. The predicted octanol–water partition coefficient (Wildman–Crippen LogP) is 10.6. The minimum absolute atomic E-state index is 0.0286. The van der Waals surface area contributed by atoms with Crippen LogP contribution in [0.4, 0.5) is 24.5 Å². The van der Waals surface area contributed by atoms with Crippen LogP contribution in [0.2, 0.25) is 0 Å². The number of ether oxygens (including phenoxy) is 1. The lowest BCUT2D eigenvalue weighted by Crippen LogP contribution is -2.08. The SMILES string of the molecule is O=[N+]([O-])c1ccc(COP(=O)(N2CC2)N2CC2)cc1F.O=[N+]([O-])c1ccc(COP(=O)(N2CC2)N2CC2)cc1Oc1ccc(-c2ccc(F)cc2)cc1.Oc1ccc(-c2ccc(F)cc2)cc1. The summed E-state index contributed by atoms with van der Waals surface area (Å²) < 4.78 is 89.2. The van der Waals surface area contributed by atoms with Gasteiger partial charge in [-0.1, -0.05) is 48.5 Å². The van der Waals surface area contributed by atoms with Crippen molar-refractivity contribution in [2.75, 3.05) is 52.4 Å². The van der Waals surface area contributed by atoms with Gasteiger partial charge in [-0.15, -0.1) is 0 Å². The van der Waals surface area contributed by atoms with E-state index in [4.69, 9.17) is 18.9 Å². The molecule has 0 amide bonds. The van der Waals surface area contributed by atoms with Crippen LogP contribution < -0.4 is 4.74 Å². The number of benzene rings is 6. The number of hydrogen-bond acceptors (Lipinski definition) is 10. The summed E-state index contributed by atoms with van der Waals surface area (Å²) in [6.45, 7) is 5.97. The van der Waals surface area contributed by atoms with Crippen LogP contribution in [0.5, 0.6) is 17.2 Å². The van der Waals surface area contributed by atoms with E-state index in [-0.39, 0.29) is 42.0 Å². The van der Waals surface area contributed by atoms with E-state index in [1.807, 2.05) is 9.34 Å². The Bertz CT molecular complexity index is 2760. The van der Waals surface area contributed by atoms with E-state index >= 15 is 0 Å². The maximum absolute atomic E-state index is 13.5. The van der Waals surface area contributed by atoms with Gasteiger partial charge in [-0.3, -0.25) is 29.4 Å². The lowest BCUT2D eigenvalue weighted by Gasteiger charge is -2.19. The Morgan fingerprint density at radius 1 is 0.507 bits per heavy atom.